The largest absolute Gasteiger partial charge is 0.449 e. The first-order valence-electron chi connectivity index (χ1n) is 7.30. The molecule has 0 radical (unpaired) electrons. The molecule has 0 N–H and O–H groups in total. The number of oxazole rings is 1. The van der Waals surface area contributed by atoms with Crippen molar-refractivity contribution in [3.05, 3.63) is 47.1 Å². The minimum atomic E-state index is 0.416. The third-order valence-corrected chi connectivity index (χ3v) is 5.13. The first-order valence-corrected chi connectivity index (χ1v) is 8.12. The molecule has 3 heterocycles. The quantitative estimate of drug-likeness (QED) is 0.735. The molecule has 1 atom stereocenters. The second kappa shape index (κ2) is 5.24. The Morgan fingerprint density at radius 3 is 3.05 bits per heavy atom. The number of thiazole rings is 1. The molecule has 1 aromatic carbocycles. The van der Waals surface area contributed by atoms with Crippen molar-refractivity contribution in [3.8, 4) is 0 Å². The lowest BCUT2D eigenvalue weighted by molar-refractivity contribution is 0.245. The Balaban J connectivity index is 1.60. The minimum absolute atomic E-state index is 0.416. The van der Waals surface area contributed by atoms with Gasteiger partial charge in [0, 0.05) is 13.5 Å². The molecule has 4 rings (SSSR count). The van der Waals surface area contributed by atoms with Gasteiger partial charge in [-0.05, 0) is 31.5 Å². The second-order valence-corrected chi connectivity index (χ2v) is 6.57. The van der Waals surface area contributed by atoms with E-state index in [2.05, 4.69) is 34.1 Å². The van der Waals surface area contributed by atoms with Gasteiger partial charge in [0.05, 0.1) is 22.0 Å². The lowest BCUT2D eigenvalue weighted by Crippen LogP contribution is -2.22. The third-order valence-electron chi connectivity index (χ3n) is 3.99. The molecule has 0 amide bonds. The molecule has 3 aromatic rings. The van der Waals surface area contributed by atoms with Crippen molar-refractivity contribution in [2.24, 2.45) is 0 Å². The van der Waals surface area contributed by atoms with Crippen LogP contribution in [-0.2, 0) is 6.54 Å². The molecule has 0 saturated carbocycles. The molecule has 0 spiro atoms. The van der Waals surface area contributed by atoms with Crippen LogP contribution in [-0.4, -0.2) is 21.4 Å². The van der Waals surface area contributed by atoms with Crippen molar-refractivity contribution in [3.63, 3.8) is 0 Å². The summed E-state index contributed by atoms with van der Waals surface area (Å²) in [7, 11) is 0. The van der Waals surface area contributed by atoms with Gasteiger partial charge >= 0.3 is 0 Å². The molecule has 0 aliphatic carbocycles. The van der Waals surface area contributed by atoms with Gasteiger partial charge in [-0.2, -0.15) is 0 Å². The zero-order chi connectivity index (χ0) is 14.2. The number of fused-ring (bicyclic) bond motifs is 1. The van der Waals surface area contributed by atoms with Crippen LogP contribution in [0.15, 0.2) is 34.9 Å². The predicted octanol–water partition coefficient (Wildman–Crippen LogP) is 3.93. The van der Waals surface area contributed by atoms with E-state index in [1.807, 2.05) is 18.3 Å². The van der Waals surface area contributed by atoms with E-state index in [0.717, 1.165) is 30.2 Å². The van der Waals surface area contributed by atoms with Crippen molar-refractivity contribution in [2.45, 2.75) is 32.4 Å². The van der Waals surface area contributed by atoms with Gasteiger partial charge in [-0.1, -0.05) is 12.1 Å². The molecule has 1 fully saturated rings. The van der Waals surface area contributed by atoms with E-state index in [-0.39, 0.29) is 0 Å². The smallest absolute Gasteiger partial charge is 0.191 e. The van der Waals surface area contributed by atoms with Crippen LogP contribution in [0, 0.1) is 6.92 Å². The van der Waals surface area contributed by atoms with Gasteiger partial charge in [-0.25, -0.2) is 9.97 Å². The molecular weight excluding hydrogens is 282 g/mol. The van der Waals surface area contributed by atoms with Gasteiger partial charge in [-0.3, -0.25) is 4.90 Å². The van der Waals surface area contributed by atoms with E-state index in [4.69, 9.17) is 9.40 Å². The molecular formula is C16H17N3OS. The zero-order valence-corrected chi connectivity index (χ0v) is 12.8. The predicted molar refractivity (Wildman–Crippen MR) is 83.2 cm³/mol. The van der Waals surface area contributed by atoms with Crippen molar-refractivity contribution in [2.75, 3.05) is 6.54 Å². The number of para-hydroxylation sites is 1. The van der Waals surface area contributed by atoms with Gasteiger partial charge in [0.15, 0.2) is 5.89 Å². The molecule has 1 saturated heterocycles. The van der Waals surface area contributed by atoms with Crippen molar-refractivity contribution in [1.82, 2.24) is 14.9 Å². The zero-order valence-electron chi connectivity index (χ0n) is 12.0. The van der Waals surface area contributed by atoms with Crippen LogP contribution < -0.4 is 0 Å². The molecule has 2 aromatic heterocycles. The van der Waals surface area contributed by atoms with Crippen LogP contribution in [0.5, 0.6) is 0 Å². The highest BCUT2D eigenvalue weighted by Crippen LogP contribution is 2.37. The topological polar surface area (TPSA) is 42.2 Å². The second-order valence-electron chi connectivity index (χ2n) is 5.51. The number of nitrogens with zero attached hydrogens (tertiary/aromatic N) is 3. The molecule has 5 heteroatoms. The van der Waals surface area contributed by atoms with Crippen LogP contribution in [0.4, 0.5) is 0 Å². The summed E-state index contributed by atoms with van der Waals surface area (Å²) < 4.78 is 6.59. The monoisotopic (exact) mass is 299 g/mol. The fourth-order valence-corrected chi connectivity index (χ4v) is 4.15. The number of rotatable bonds is 3. The molecule has 0 bridgehead atoms. The van der Waals surface area contributed by atoms with Gasteiger partial charge in [0.2, 0.25) is 0 Å². The molecule has 0 unspecified atom stereocenters. The van der Waals surface area contributed by atoms with Crippen LogP contribution in [0.1, 0.15) is 35.5 Å². The Morgan fingerprint density at radius 2 is 2.24 bits per heavy atom. The first-order chi connectivity index (χ1) is 10.3. The maximum absolute atomic E-state index is 5.31. The average Bonchev–Trinajstić information content (AvgIpc) is 3.18. The van der Waals surface area contributed by atoms with E-state index in [9.17, 15) is 0 Å². The molecule has 1 aliphatic heterocycles. The van der Waals surface area contributed by atoms with Gasteiger partial charge in [0.25, 0.3) is 0 Å². The summed E-state index contributed by atoms with van der Waals surface area (Å²) in [6.45, 7) is 3.84. The number of hydrogen-bond donors (Lipinski definition) is 0. The average molecular weight is 299 g/mol. The summed E-state index contributed by atoms with van der Waals surface area (Å²) in [4.78, 5) is 11.7. The lowest BCUT2D eigenvalue weighted by Gasteiger charge is -2.21. The van der Waals surface area contributed by atoms with E-state index >= 15 is 0 Å². The first kappa shape index (κ1) is 13.0. The standard InChI is InChI=1S/C16H17N3OS/c1-11-17-12(10-20-11)9-19-8-4-6-14(19)16-18-13-5-2-3-7-15(13)21-16/h2-3,5,7,10,14H,4,6,8-9H2,1H3/t14-/m0/s1. The van der Waals surface area contributed by atoms with Crippen LogP contribution in [0.25, 0.3) is 10.2 Å². The fourth-order valence-electron chi connectivity index (χ4n) is 3.02. The Kier molecular flexibility index (Phi) is 3.24. The molecule has 1 aliphatic rings. The van der Waals surface area contributed by atoms with Crippen molar-refractivity contribution >= 4 is 21.6 Å². The SMILES string of the molecule is Cc1nc(CN2CCC[C@H]2c2nc3ccccc3s2)co1. The van der Waals surface area contributed by atoms with E-state index in [1.54, 1.807) is 6.26 Å². The third kappa shape index (κ3) is 2.47. The summed E-state index contributed by atoms with van der Waals surface area (Å²) in [5, 5.41) is 1.23. The minimum Gasteiger partial charge on any atom is -0.449 e. The summed E-state index contributed by atoms with van der Waals surface area (Å²) in [5.41, 5.74) is 2.13. The molecule has 108 valence electrons. The van der Waals surface area contributed by atoms with Gasteiger partial charge in [-0.15, -0.1) is 11.3 Å². The lowest BCUT2D eigenvalue weighted by atomic mass is 10.2. The Bertz CT molecular complexity index is 731. The van der Waals surface area contributed by atoms with Crippen LogP contribution in [0.3, 0.4) is 0 Å². The number of aryl methyl sites for hydroxylation is 1. The number of hydrogen-bond acceptors (Lipinski definition) is 5. The summed E-state index contributed by atoms with van der Waals surface area (Å²) in [6.07, 6.45) is 4.16. The van der Waals surface area contributed by atoms with E-state index in [1.165, 1.54) is 22.5 Å². The van der Waals surface area contributed by atoms with E-state index < -0.39 is 0 Å². The number of likely N-dealkylation sites (tertiary alicyclic amines) is 1. The highest BCUT2D eigenvalue weighted by atomic mass is 32.1. The summed E-state index contributed by atoms with van der Waals surface area (Å²) >= 11 is 1.82. The van der Waals surface area contributed by atoms with Gasteiger partial charge < -0.3 is 4.42 Å². The van der Waals surface area contributed by atoms with Crippen LogP contribution in [0.2, 0.25) is 0 Å². The van der Waals surface area contributed by atoms with Crippen molar-refractivity contribution in [1.29, 1.82) is 0 Å². The van der Waals surface area contributed by atoms with Crippen LogP contribution >= 0.6 is 11.3 Å². The maximum atomic E-state index is 5.31. The Hall–Kier alpha value is -1.72. The molecule has 21 heavy (non-hydrogen) atoms. The Labute approximate surface area is 127 Å². The summed E-state index contributed by atoms with van der Waals surface area (Å²) in [5.74, 6) is 0.737. The highest BCUT2D eigenvalue weighted by molar-refractivity contribution is 7.18. The number of benzene rings is 1. The highest BCUT2D eigenvalue weighted by Gasteiger charge is 2.29. The normalized spacial score (nSPS) is 19.6. The Morgan fingerprint density at radius 1 is 1.33 bits per heavy atom. The molecule has 4 nitrogen and oxygen atoms in total. The fraction of sp³-hybridized carbons (Fsp3) is 0.375. The van der Waals surface area contributed by atoms with Crippen molar-refractivity contribution < 1.29 is 4.42 Å². The number of aromatic nitrogens is 2. The maximum Gasteiger partial charge on any atom is 0.191 e. The summed E-state index contributed by atoms with van der Waals surface area (Å²) in [6, 6.07) is 8.79. The van der Waals surface area contributed by atoms with E-state index in [0.29, 0.717) is 6.04 Å². The van der Waals surface area contributed by atoms with Gasteiger partial charge in [0.1, 0.15) is 11.3 Å².